The van der Waals surface area contributed by atoms with Crippen LogP contribution in [0.15, 0.2) is 42.5 Å². The lowest BCUT2D eigenvalue weighted by Crippen LogP contribution is -2.61. The Bertz CT molecular complexity index is 979. The third-order valence-corrected chi connectivity index (χ3v) is 6.82. The Labute approximate surface area is 191 Å². The molecule has 1 amide bonds. The highest BCUT2D eigenvalue weighted by molar-refractivity contribution is 6.30. The van der Waals surface area contributed by atoms with Gasteiger partial charge in [-0.05, 0) is 67.8 Å². The van der Waals surface area contributed by atoms with E-state index in [1.165, 1.54) is 6.07 Å². The number of halogens is 4. The molecule has 2 aliphatic heterocycles. The molecular weight excluding hydrogens is 439 g/mol. The molecule has 2 heterocycles. The molecule has 0 saturated carbocycles. The summed E-state index contributed by atoms with van der Waals surface area (Å²) in [5.41, 5.74) is 1.73. The Morgan fingerprint density at radius 1 is 1.19 bits per heavy atom. The standard InChI is InChI=1S/C24H27ClF3N3O/c1-3-15(2)29-23(32)20-13-16-12-17(24(26,27)28)4-9-21(16)31-11-10-30(14-22(20)31)19-7-5-18(25)6-8-19/h4-9,12,15,20,22H,3,10-11,13-14H2,1-2H3,(H,29,32)/t15-,20-,22+/m0/s1. The molecule has 0 spiro atoms. The van der Waals surface area contributed by atoms with E-state index in [2.05, 4.69) is 15.1 Å². The van der Waals surface area contributed by atoms with Gasteiger partial charge in [-0.25, -0.2) is 0 Å². The number of rotatable bonds is 4. The number of benzene rings is 2. The summed E-state index contributed by atoms with van der Waals surface area (Å²) in [6.45, 7) is 5.87. The van der Waals surface area contributed by atoms with E-state index in [9.17, 15) is 18.0 Å². The molecule has 0 aliphatic carbocycles. The number of piperazine rings is 1. The number of fused-ring (bicyclic) bond motifs is 3. The van der Waals surface area contributed by atoms with E-state index in [0.717, 1.165) is 23.9 Å². The molecule has 0 bridgehead atoms. The minimum Gasteiger partial charge on any atom is -0.368 e. The average molecular weight is 466 g/mol. The maximum absolute atomic E-state index is 13.3. The van der Waals surface area contributed by atoms with Crippen molar-refractivity contribution in [2.45, 2.75) is 44.9 Å². The maximum Gasteiger partial charge on any atom is 0.416 e. The number of nitrogens with one attached hydrogen (secondary N) is 1. The lowest BCUT2D eigenvalue weighted by atomic mass is 9.82. The summed E-state index contributed by atoms with van der Waals surface area (Å²) in [5.74, 6) is -0.537. The molecule has 1 N–H and O–H groups in total. The minimum atomic E-state index is -4.41. The Morgan fingerprint density at radius 2 is 1.91 bits per heavy atom. The second-order valence-electron chi connectivity index (χ2n) is 8.65. The summed E-state index contributed by atoms with van der Waals surface area (Å²) in [4.78, 5) is 17.5. The fourth-order valence-electron chi connectivity index (χ4n) is 4.64. The predicted molar refractivity (Wildman–Crippen MR) is 121 cm³/mol. The number of hydrogen-bond donors (Lipinski definition) is 1. The van der Waals surface area contributed by atoms with E-state index in [1.807, 2.05) is 38.1 Å². The van der Waals surface area contributed by atoms with Crippen LogP contribution in [-0.4, -0.2) is 37.6 Å². The van der Waals surface area contributed by atoms with Gasteiger partial charge in [0.1, 0.15) is 0 Å². The highest BCUT2D eigenvalue weighted by Crippen LogP contribution is 2.40. The zero-order valence-corrected chi connectivity index (χ0v) is 18.9. The highest BCUT2D eigenvalue weighted by atomic mass is 35.5. The Morgan fingerprint density at radius 3 is 2.56 bits per heavy atom. The summed E-state index contributed by atoms with van der Waals surface area (Å²) in [6, 6.07) is 11.4. The molecule has 0 radical (unpaired) electrons. The first-order valence-corrected chi connectivity index (χ1v) is 11.3. The summed E-state index contributed by atoms with van der Waals surface area (Å²) >= 11 is 6.03. The van der Waals surface area contributed by atoms with Gasteiger partial charge in [0.25, 0.3) is 0 Å². The minimum absolute atomic E-state index is 0.00909. The second kappa shape index (κ2) is 8.85. The van der Waals surface area contributed by atoms with Gasteiger partial charge in [0, 0.05) is 42.1 Å². The fraction of sp³-hybridized carbons (Fsp3) is 0.458. The van der Waals surface area contributed by atoms with Crippen molar-refractivity contribution < 1.29 is 18.0 Å². The van der Waals surface area contributed by atoms with E-state index in [4.69, 9.17) is 11.6 Å². The number of anilines is 2. The first kappa shape index (κ1) is 22.8. The second-order valence-corrected chi connectivity index (χ2v) is 9.09. The summed E-state index contributed by atoms with van der Waals surface area (Å²) in [6.07, 6.45) is -3.33. The van der Waals surface area contributed by atoms with E-state index in [-0.39, 0.29) is 24.4 Å². The Hall–Kier alpha value is -2.41. The molecule has 4 rings (SSSR count). The molecule has 4 nitrogen and oxygen atoms in total. The zero-order valence-electron chi connectivity index (χ0n) is 18.1. The van der Waals surface area contributed by atoms with Gasteiger partial charge in [0.05, 0.1) is 17.5 Å². The monoisotopic (exact) mass is 465 g/mol. The van der Waals surface area contributed by atoms with Crippen molar-refractivity contribution in [2.24, 2.45) is 5.92 Å². The zero-order chi connectivity index (χ0) is 23.0. The van der Waals surface area contributed by atoms with Gasteiger partial charge in [0.2, 0.25) is 5.91 Å². The first-order valence-electron chi connectivity index (χ1n) is 10.9. The van der Waals surface area contributed by atoms with Crippen molar-refractivity contribution in [3.8, 4) is 0 Å². The van der Waals surface area contributed by atoms with Crippen LogP contribution in [0.1, 0.15) is 31.4 Å². The lowest BCUT2D eigenvalue weighted by molar-refractivity contribution is -0.137. The molecule has 2 aromatic rings. The molecule has 0 unspecified atom stereocenters. The lowest BCUT2D eigenvalue weighted by Gasteiger charge is -2.50. The van der Waals surface area contributed by atoms with Crippen LogP contribution in [0.4, 0.5) is 24.5 Å². The van der Waals surface area contributed by atoms with Crippen molar-refractivity contribution in [3.63, 3.8) is 0 Å². The summed E-state index contributed by atoms with van der Waals surface area (Å²) < 4.78 is 40.0. The molecule has 0 aromatic heterocycles. The van der Waals surface area contributed by atoms with E-state index in [0.29, 0.717) is 30.2 Å². The molecule has 172 valence electrons. The van der Waals surface area contributed by atoms with Crippen LogP contribution in [-0.2, 0) is 17.4 Å². The van der Waals surface area contributed by atoms with Crippen LogP contribution >= 0.6 is 11.6 Å². The molecule has 2 aromatic carbocycles. The third kappa shape index (κ3) is 4.53. The Kier molecular flexibility index (Phi) is 6.30. The predicted octanol–water partition coefficient (Wildman–Crippen LogP) is 5.14. The summed E-state index contributed by atoms with van der Waals surface area (Å²) in [5, 5.41) is 3.70. The normalized spacial score (nSPS) is 21.6. The summed E-state index contributed by atoms with van der Waals surface area (Å²) in [7, 11) is 0. The van der Waals surface area contributed by atoms with Gasteiger partial charge in [-0.3, -0.25) is 4.79 Å². The van der Waals surface area contributed by atoms with E-state index in [1.54, 1.807) is 6.07 Å². The third-order valence-electron chi connectivity index (χ3n) is 6.57. The molecule has 8 heteroatoms. The van der Waals surface area contributed by atoms with E-state index < -0.39 is 17.7 Å². The Balaban J connectivity index is 1.67. The number of carbonyl (C=O) groups excluding carboxylic acids is 1. The quantitative estimate of drug-likeness (QED) is 0.679. The molecule has 1 saturated heterocycles. The van der Waals surface area contributed by atoms with Gasteiger partial charge in [0.15, 0.2) is 0 Å². The molecular formula is C24H27ClF3N3O. The SMILES string of the molecule is CC[C@H](C)NC(=O)[C@H]1Cc2cc(C(F)(F)F)ccc2N2CCN(c3ccc(Cl)cc3)C[C@H]12. The first-order chi connectivity index (χ1) is 15.2. The van der Waals surface area contributed by atoms with Crippen LogP contribution in [0, 0.1) is 5.92 Å². The van der Waals surface area contributed by atoms with Gasteiger partial charge in [-0.1, -0.05) is 18.5 Å². The average Bonchev–Trinajstić information content (AvgIpc) is 2.77. The largest absolute Gasteiger partial charge is 0.416 e. The van der Waals surface area contributed by atoms with Crippen molar-refractivity contribution >= 4 is 28.9 Å². The van der Waals surface area contributed by atoms with Gasteiger partial charge < -0.3 is 15.1 Å². The van der Waals surface area contributed by atoms with Gasteiger partial charge in [-0.2, -0.15) is 13.2 Å². The number of nitrogens with zero attached hydrogens (tertiary/aromatic N) is 2. The van der Waals surface area contributed by atoms with Gasteiger partial charge in [-0.15, -0.1) is 0 Å². The number of alkyl halides is 3. The van der Waals surface area contributed by atoms with Crippen LogP contribution in [0.3, 0.4) is 0 Å². The van der Waals surface area contributed by atoms with Crippen molar-refractivity contribution in [1.82, 2.24) is 5.32 Å². The number of carbonyl (C=O) groups is 1. The topological polar surface area (TPSA) is 35.6 Å². The van der Waals surface area contributed by atoms with Crippen LogP contribution in [0.5, 0.6) is 0 Å². The molecule has 3 atom stereocenters. The van der Waals surface area contributed by atoms with Crippen molar-refractivity contribution in [3.05, 3.63) is 58.6 Å². The maximum atomic E-state index is 13.3. The highest BCUT2D eigenvalue weighted by Gasteiger charge is 2.43. The molecule has 32 heavy (non-hydrogen) atoms. The molecule has 1 fully saturated rings. The van der Waals surface area contributed by atoms with E-state index >= 15 is 0 Å². The van der Waals surface area contributed by atoms with Crippen LogP contribution in [0.2, 0.25) is 5.02 Å². The fourth-order valence-corrected chi connectivity index (χ4v) is 4.76. The smallest absolute Gasteiger partial charge is 0.368 e. The van der Waals surface area contributed by atoms with Crippen molar-refractivity contribution in [2.75, 3.05) is 29.4 Å². The number of hydrogen-bond acceptors (Lipinski definition) is 3. The van der Waals surface area contributed by atoms with Crippen LogP contribution in [0.25, 0.3) is 0 Å². The van der Waals surface area contributed by atoms with Gasteiger partial charge >= 0.3 is 6.18 Å². The van der Waals surface area contributed by atoms with Crippen molar-refractivity contribution in [1.29, 1.82) is 0 Å². The van der Waals surface area contributed by atoms with Crippen LogP contribution < -0.4 is 15.1 Å². The number of amides is 1. The molecule has 2 aliphatic rings.